The van der Waals surface area contributed by atoms with Gasteiger partial charge in [-0.1, -0.05) is 6.92 Å². The zero-order valence-corrected chi connectivity index (χ0v) is 9.17. The summed E-state index contributed by atoms with van der Waals surface area (Å²) >= 11 is 0. The van der Waals surface area contributed by atoms with E-state index in [1.807, 2.05) is 6.07 Å². The van der Waals surface area contributed by atoms with E-state index >= 15 is 0 Å². The predicted octanol–water partition coefficient (Wildman–Crippen LogP) is 2.44. The van der Waals surface area contributed by atoms with Crippen molar-refractivity contribution in [3.8, 4) is 0 Å². The van der Waals surface area contributed by atoms with Crippen molar-refractivity contribution < 1.29 is 9.15 Å². The molecule has 0 fully saturated rings. The molecule has 0 atom stereocenters. The Kier molecular flexibility index (Phi) is 3.72. The second-order valence-electron chi connectivity index (χ2n) is 3.98. The second-order valence-corrected chi connectivity index (χ2v) is 3.98. The zero-order valence-electron chi connectivity index (χ0n) is 9.17. The predicted molar refractivity (Wildman–Crippen MR) is 55.8 cm³/mol. The third-order valence-corrected chi connectivity index (χ3v) is 2.50. The van der Waals surface area contributed by atoms with Gasteiger partial charge in [-0.05, 0) is 26.3 Å². The van der Waals surface area contributed by atoms with Crippen LogP contribution in [0.3, 0.4) is 0 Å². The molecule has 0 saturated heterocycles. The molecule has 2 N–H and O–H groups in total. The highest BCUT2D eigenvalue weighted by Crippen LogP contribution is 2.18. The van der Waals surface area contributed by atoms with Gasteiger partial charge in [-0.3, -0.25) is 0 Å². The molecule has 1 aromatic heterocycles. The van der Waals surface area contributed by atoms with Gasteiger partial charge in [0.2, 0.25) is 0 Å². The Morgan fingerprint density at radius 3 is 2.79 bits per heavy atom. The third-order valence-electron chi connectivity index (χ3n) is 2.50. The van der Waals surface area contributed by atoms with Gasteiger partial charge in [-0.2, -0.15) is 0 Å². The van der Waals surface area contributed by atoms with Gasteiger partial charge in [0.1, 0.15) is 12.4 Å². The van der Waals surface area contributed by atoms with E-state index in [0.29, 0.717) is 13.2 Å². The van der Waals surface area contributed by atoms with Crippen LogP contribution in [0.2, 0.25) is 0 Å². The van der Waals surface area contributed by atoms with Gasteiger partial charge in [-0.25, -0.2) is 0 Å². The first-order chi connectivity index (χ1) is 6.59. The number of nitrogens with two attached hydrogens (primary N) is 1. The highest BCUT2D eigenvalue weighted by molar-refractivity contribution is 5.15. The van der Waals surface area contributed by atoms with Crippen molar-refractivity contribution in [2.45, 2.75) is 45.9 Å². The van der Waals surface area contributed by atoms with Crippen LogP contribution < -0.4 is 5.73 Å². The maximum atomic E-state index is 5.72. The van der Waals surface area contributed by atoms with Gasteiger partial charge in [-0.15, -0.1) is 0 Å². The smallest absolute Gasteiger partial charge is 0.133 e. The molecule has 0 saturated carbocycles. The van der Waals surface area contributed by atoms with E-state index in [9.17, 15) is 0 Å². The van der Waals surface area contributed by atoms with E-state index in [1.165, 1.54) is 0 Å². The van der Waals surface area contributed by atoms with Gasteiger partial charge >= 0.3 is 0 Å². The number of rotatable bonds is 5. The summed E-state index contributed by atoms with van der Waals surface area (Å²) in [6.07, 6.45) is 2.63. The van der Waals surface area contributed by atoms with Crippen LogP contribution in [0.1, 0.15) is 38.5 Å². The van der Waals surface area contributed by atoms with E-state index in [2.05, 4.69) is 20.8 Å². The van der Waals surface area contributed by atoms with Crippen LogP contribution in [-0.4, -0.2) is 5.60 Å². The van der Waals surface area contributed by atoms with E-state index in [0.717, 1.165) is 17.7 Å². The van der Waals surface area contributed by atoms with Crippen molar-refractivity contribution in [3.63, 3.8) is 0 Å². The summed E-state index contributed by atoms with van der Waals surface area (Å²) in [5.74, 6) is 0.842. The monoisotopic (exact) mass is 197 g/mol. The fraction of sp³-hybridized carbons (Fsp3) is 0.636. The zero-order chi connectivity index (χ0) is 10.6. The van der Waals surface area contributed by atoms with Crippen LogP contribution in [0.4, 0.5) is 0 Å². The van der Waals surface area contributed by atoms with Crippen molar-refractivity contribution in [1.82, 2.24) is 0 Å². The molecule has 0 unspecified atom stereocenters. The van der Waals surface area contributed by atoms with Gasteiger partial charge < -0.3 is 14.9 Å². The largest absolute Gasteiger partial charge is 0.467 e. The molecule has 0 spiro atoms. The molecule has 80 valence electrons. The van der Waals surface area contributed by atoms with Crippen molar-refractivity contribution in [1.29, 1.82) is 0 Å². The summed E-state index contributed by atoms with van der Waals surface area (Å²) in [5, 5.41) is 0. The van der Waals surface area contributed by atoms with Crippen LogP contribution in [0.25, 0.3) is 0 Å². The molecule has 0 amide bonds. The highest BCUT2D eigenvalue weighted by atomic mass is 16.5. The molecule has 3 heteroatoms. The fourth-order valence-corrected chi connectivity index (χ4v) is 1.04. The van der Waals surface area contributed by atoms with Gasteiger partial charge in [0.25, 0.3) is 0 Å². The first-order valence-electron chi connectivity index (χ1n) is 4.98. The van der Waals surface area contributed by atoms with Gasteiger partial charge in [0.15, 0.2) is 0 Å². The van der Waals surface area contributed by atoms with Crippen molar-refractivity contribution in [3.05, 3.63) is 23.7 Å². The van der Waals surface area contributed by atoms with Crippen LogP contribution in [0, 0.1) is 0 Å². The molecule has 0 radical (unpaired) electrons. The van der Waals surface area contributed by atoms with Crippen LogP contribution in [0.15, 0.2) is 16.7 Å². The lowest BCUT2D eigenvalue weighted by molar-refractivity contribution is -0.0386. The molecule has 1 heterocycles. The third kappa shape index (κ3) is 2.86. The summed E-state index contributed by atoms with van der Waals surface area (Å²) < 4.78 is 11.0. The standard InChI is InChI=1S/C11H19NO2/c1-4-11(2,3)14-8-10-9(7-12)5-6-13-10/h5-6H,4,7-8,12H2,1-3H3. The minimum absolute atomic E-state index is 0.0986. The maximum absolute atomic E-state index is 5.72. The molecule has 0 aliphatic carbocycles. The van der Waals surface area contributed by atoms with E-state index in [4.69, 9.17) is 14.9 Å². The minimum Gasteiger partial charge on any atom is -0.467 e. The second kappa shape index (κ2) is 4.62. The van der Waals surface area contributed by atoms with Crippen molar-refractivity contribution >= 4 is 0 Å². The van der Waals surface area contributed by atoms with Crippen molar-refractivity contribution in [2.75, 3.05) is 0 Å². The van der Waals surface area contributed by atoms with Gasteiger partial charge in [0.05, 0.1) is 11.9 Å². The number of furan rings is 1. The van der Waals surface area contributed by atoms with Crippen LogP contribution in [0.5, 0.6) is 0 Å². The Hall–Kier alpha value is -0.800. The molecule has 0 aliphatic rings. The lowest BCUT2D eigenvalue weighted by atomic mass is 10.1. The average molecular weight is 197 g/mol. The summed E-state index contributed by atoms with van der Waals surface area (Å²) in [6, 6.07) is 1.89. The van der Waals surface area contributed by atoms with E-state index in [-0.39, 0.29) is 5.60 Å². The maximum Gasteiger partial charge on any atom is 0.133 e. The Morgan fingerprint density at radius 2 is 2.21 bits per heavy atom. The number of ether oxygens (including phenoxy) is 1. The summed E-state index contributed by atoms with van der Waals surface area (Å²) in [6.45, 7) is 7.24. The molecular formula is C11H19NO2. The molecule has 0 bridgehead atoms. The Balaban J connectivity index is 2.53. The lowest BCUT2D eigenvalue weighted by Crippen LogP contribution is -2.22. The first kappa shape index (κ1) is 11.3. The molecule has 0 aliphatic heterocycles. The van der Waals surface area contributed by atoms with Crippen LogP contribution in [-0.2, 0) is 17.9 Å². The molecule has 14 heavy (non-hydrogen) atoms. The number of hydrogen-bond acceptors (Lipinski definition) is 3. The van der Waals surface area contributed by atoms with Gasteiger partial charge in [0, 0.05) is 12.1 Å². The average Bonchev–Trinajstić information content (AvgIpc) is 2.62. The Labute approximate surface area is 85.2 Å². The Morgan fingerprint density at radius 1 is 1.50 bits per heavy atom. The van der Waals surface area contributed by atoms with E-state index < -0.39 is 0 Å². The molecular weight excluding hydrogens is 178 g/mol. The van der Waals surface area contributed by atoms with Crippen molar-refractivity contribution in [2.24, 2.45) is 5.73 Å². The normalized spacial score (nSPS) is 12.0. The highest BCUT2D eigenvalue weighted by Gasteiger charge is 2.16. The number of hydrogen-bond donors (Lipinski definition) is 1. The Bertz CT molecular complexity index is 279. The fourth-order valence-electron chi connectivity index (χ4n) is 1.04. The first-order valence-corrected chi connectivity index (χ1v) is 4.98. The van der Waals surface area contributed by atoms with Crippen LogP contribution >= 0.6 is 0 Å². The molecule has 3 nitrogen and oxygen atoms in total. The SMILES string of the molecule is CCC(C)(C)OCc1occc1CN. The summed E-state index contributed by atoms with van der Waals surface area (Å²) in [4.78, 5) is 0. The topological polar surface area (TPSA) is 48.4 Å². The molecule has 1 rings (SSSR count). The quantitative estimate of drug-likeness (QED) is 0.788. The molecule has 1 aromatic rings. The molecule has 0 aromatic carbocycles. The van der Waals surface area contributed by atoms with E-state index in [1.54, 1.807) is 6.26 Å². The summed E-state index contributed by atoms with van der Waals surface area (Å²) in [7, 11) is 0. The lowest BCUT2D eigenvalue weighted by Gasteiger charge is -2.22. The minimum atomic E-state index is -0.0986. The summed E-state index contributed by atoms with van der Waals surface area (Å²) in [5.41, 5.74) is 6.48.